The SMILES string of the molecule is C=C=C[C@@]1(OC(=O)c2ccc(Cl)c(Cl)c2)CCCC[C@@]1(Cc1ccc(Br)cc1)C(=O)OCC. The molecule has 2 aromatic carbocycles. The normalized spacial score (nSPS) is 22.2. The minimum atomic E-state index is -1.28. The molecule has 174 valence electrons. The number of benzene rings is 2. The molecule has 0 bridgehead atoms. The number of rotatable bonds is 7. The summed E-state index contributed by atoms with van der Waals surface area (Å²) in [7, 11) is 0. The van der Waals surface area contributed by atoms with Crippen LogP contribution in [-0.2, 0) is 20.7 Å². The summed E-state index contributed by atoms with van der Waals surface area (Å²) in [5, 5.41) is 0.581. The predicted molar refractivity (Wildman–Crippen MR) is 134 cm³/mol. The molecule has 2 atom stereocenters. The van der Waals surface area contributed by atoms with E-state index in [0.29, 0.717) is 24.3 Å². The number of hydrogen-bond donors (Lipinski definition) is 0. The first kappa shape index (κ1) is 25.6. The third-order valence-corrected chi connectivity index (χ3v) is 7.33. The molecule has 0 spiro atoms. The number of carbonyl (C=O) groups excluding carboxylic acids is 2. The van der Waals surface area contributed by atoms with Crippen molar-refractivity contribution < 1.29 is 19.1 Å². The maximum absolute atomic E-state index is 13.6. The number of halogens is 3. The maximum Gasteiger partial charge on any atom is 0.339 e. The summed E-state index contributed by atoms with van der Waals surface area (Å²) in [5.74, 6) is -1.01. The van der Waals surface area contributed by atoms with Gasteiger partial charge in [-0.2, -0.15) is 0 Å². The lowest BCUT2D eigenvalue weighted by molar-refractivity contribution is -0.176. The van der Waals surface area contributed by atoms with E-state index in [-0.39, 0.29) is 17.2 Å². The molecule has 33 heavy (non-hydrogen) atoms. The van der Waals surface area contributed by atoms with Crippen molar-refractivity contribution in [2.45, 2.75) is 44.6 Å². The molecule has 0 radical (unpaired) electrons. The first-order valence-electron chi connectivity index (χ1n) is 10.7. The van der Waals surface area contributed by atoms with Crippen molar-refractivity contribution in [1.82, 2.24) is 0 Å². The molecule has 0 saturated heterocycles. The van der Waals surface area contributed by atoms with Crippen LogP contribution in [0.3, 0.4) is 0 Å². The highest BCUT2D eigenvalue weighted by atomic mass is 79.9. The third-order valence-electron chi connectivity index (χ3n) is 6.06. The van der Waals surface area contributed by atoms with Gasteiger partial charge in [0.15, 0.2) is 5.60 Å². The molecule has 0 aromatic heterocycles. The number of ether oxygens (including phenoxy) is 2. The van der Waals surface area contributed by atoms with E-state index in [1.54, 1.807) is 19.1 Å². The van der Waals surface area contributed by atoms with Crippen molar-refractivity contribution in [3.63, 3.8) is 0 Å². The first-order valence-corrected chi connectivity index (χ1v) is 12.3. The zero-order chi connectivity index (χ0) is 24.1. The van der Waals surface area contributed by atoms with Crippen LogP contribution < -0.4 is 0 Å². The molecule has 1 fully saturated rings. The topological polar surface area (TPSA) is 52.6 Å². The van der Waals surface area contributed by atoms with Gasteiger partial charge in [0.25, 0.3) is 0 Å². The third kappa shape index (κ3) is 5.38. The molecule has 0 amide bonds. The fourth-order valence-corrected chi connectivity index (χ4v) is 5.03. The summed E-state index contributed by atoms with van der Waals surface area (Å²) in [6.45, 7) is 5.71. The Morgan fingerprint density at radius 1 is 1.12 bits per heavy atom. The quantitative estimate of drug-likeness (QED) is 0.266. The molecule has 0 heterocycles. The molecule has 3 rings (SSSR count). The van der Waals surface area contributed by atoms with Crippen LogP contribution >= 0.6 is 39.1 Å². The Bertz CT molecular complexity index is 1080. The highest BCUT2D eigenvalue weighted by molar-refractivity contribution is 9.10. The largest absolute Gasteiger partial charge is 0.465 e. The molecule has 0 unspecified atom stereocenters. The lowest BCUT2D eigenvalue weighted by Crippen LogP contribution is -2.58. The van der Waals surface area contributed by atoms with Gasteiger partial charge in [-0.05, 0) is 68.5 Å². The molecular weight excluding hydrogens is 527 g/mol. The van der Waals surface area contributed by atoms with E-state index in [2.05, 4.69) is 28.2 Å². The van der Waals surface area contributed by atoms with E-state index in [1.807, 2.05) is 24.3 Å². The number of hydrogen-bond acceptors (Lipinski definition) is 4. The smallest absolute Gasteiger partial charge is 0.339 e. The zero-order valence-electron chi connectivity index (χ0n) is 18.3. The Hall–Kier alpha value is -2.04. The van der Waals surface area contributed by atoms with Crippen molar-refractivity contribution in [1.29, 1.82) is 0 Å². The van der Waals surface area contributed by atoms with Crippen LogP contribution in [-0.4, -0.2) is 24.1 Å². The molecule has 0 aliphatic heterocycles. The second kappa shape index (κ2) is 10.9. The van der Waals surface area contributed by atoms with Gasteiger partial charge in [-0.1, -0.05) is 64.3 Å². The van der Waals surface area contributed by atoms with Crippen LogP contribution in [0, 0.1) is 5.41 Å². The van der Waals surface area contributed by atoms with Gasteiger partial charge in [0.05, 0.1) is 22.2 Å². The van der Waals surface area contributed by atoms with Gasteiger partial charge in [-0.15, -0.1) is 5.73 Å². The Morgan fingerprint density at radius 2 is 1.82 bits per heavy atom. The van der Waals surface area contributed by atoms with E-state index in [1.165, 1.54) is 12.1 Å². The summed E-state index contributed by atoms with van der Waals surface area (Å²) in [4.78, 5) is 26.8. The van der Waals surface area contributed by atoms with Crippen molar-refractivity contribution in [2.75, 3.05) is 6.61 Å². The number of esters is 2. The van der Waals surface area contributed by atoms with Crippen LogP contribution in [0.4, 0.5) is 0 Å². The van der Waals surface area contributed by atoms with Crippen molar-refractivity contribution >= 4 is 51.1 Å². The predicted octanol–water partition coefficient (Wildman–Crippen LogP) is 7.36. The monoisotopic (exact) mass is 550 g/mol. The zero-order valence-corrected chi connectivity index (χ0v) is 21.4. The average Bonchev–Trinajstić information content (AvgIpc) is 2.79. The summed E-state index contributed by atoms with van der Waals surface area (Å²) < 4.78 is 12.7. The van der Waals surface area contributed by atoms with Crippen molar-refractivity contribution in [3.8, 4) is 0 Å². The van der Waals surface area contributed by atoms with Crippen LogP contribution in [0.15, 0.2) is 65.3 Å². The Balaban J connectivity index is 2.11. The summed E-state index contributed by atoms with van der Waals surface area (Å²) in [5.41, 5.74) is 1.55. The van der Waals surface area contributed by atoms with Crippen LogP contribution in [0.5, 0.6) is 0 Å². The van der Waals surface area contributed by atoms with Gasteiger partial charge >= 0.3 is 11.9 Å². The highest BCUT2D eigenvalue weighted by Gasteiger charge is 2.60. The fraction of sp³-hybridized carbons (Fsp3) is 0.346. The first-order chi connectivity index (χ1) is 15.8. The van der Waals surface area contributed by atoms with Gasteiger partial charge in [-0.3, -0.25) is 4.79 Å². The molecule has 2 aromatic rings. The molecule has 7 heteroatoms. The van der Waals surface area contributed by atoms with Gasteiger partial charge in [0.2, 0.25) is 0 Å². The van der Waals surface area contributed by atoms with E-state index in [4.69, 9.17) is 32.7 Å². The lowest BCUT2D eigenvalue weighted by Gasteiger charge is -2.49. The van der Waals surface area contributed by atoms with Gasteiger partial charge in [0.1, 0.15) is 5.41 Å². The fourth-order valence-electron chi connectivity index (χ4n) is 4.47. The molecule has 1 saturated carbocycles. The van der Waals surface area contributed by atoms with E-state index >= 15 is 0 Å². The second-order valence-electron chi connectivity index (χ2n) is 8.07. The van der Waals surface area contributed by atoms with Crippen molar-refractivity contribution in [2.24, 2.45) is 5.41 Å². The Labute approximate surface area is 212 Å². The minimum Gasteiger partial charge on any atom is -0.465 e. The van der Waals surface area contributed by atoms with Crippen LogP contribution in [0.2, 0.25) is 10.0 Å². The average molecular weight is 552 g/mol. The summed E-state index contributed by atoms with van der Waals surface area (Å²) in [6.07, 6.45) is 4.46. The maximum atomic E-state index is 13.6. The minimum absolute atomic E-state index is 0.218. The highest BCUT2D eigenvalue weighted by Crippen LogP contribution is 2.51. The molecule has 1 aliphatic carbocycles. The Morgan fingerprint density at radius 3 is 2.45 bits per heavy atom. The van der Waals surface area contributed by atoms with E-state index in [0.717, 1.165) is 22.9 Å². The van der Waals surface area contributed by atoms with Gasteiger partial charge < -0.3 is 9.47 Å². The van der Waals surface area contributed by atoms with E-state index in [9.17, 15) is 9.59 Å². The van der Waals surface area contributed by atoms with Crippen molar-refractivity contribution in [3.05, 3.63) is 86.5 Å². The Kier molecular flexibility index (Phi) is 8.47. The molecule has 0 N–H and O–H groups in total. The molecule has 1 aliphatic rings. The number of carbonyl (C=O) groups is 2. The summed E-state index contributed by atoms with van der Waals surface area (Å²) >= 11 is 15.6. The van der Waals surface area contributed by atoms with Crippen LogP contribution in [0.1, 0.15) is 48.5 Å². The molecular formula is C26H25BrCl2O4. The lowest BCUT2D eigenvalue weighted by atomic mass is 9.60. The summed E-state index contributed by atoms with van der Waals surface area (Å²) in [6, 6.07) is 12.3. The van der Waals surface area contributed by atoms with E-state index < -0.39 is 23.0 Å². The van der Waals surface area contributed by atoms with Crippen LogP contribution in [0.25, 0.3) is 0 Å². The molecule has 4 nitrogen and oxygen atoms in total. The second-order valence-corrected chi connectivity index (χ2v) is 9.80. The van der Waals surface area contributed by atoms with Gasteiger partial charge in [0, 0.05) is 10.5 Å². The van der Waals surface area contributed by atoms with Gasteiger partial charge in [-0.25, -0.2) is 4.79 Å². The standard InChI is InChI=1S/C26H25BrCl2O4/c1-3-13-26(33-23(30)19-9-12-21(28)22(29)16-19)15-6-5-14-25(26,24(31)32-4-2)17-18-7-10-20(27)11-8-18/h7-13,16H,1,4-6,14-15,17H2,2H3/t25-,26-/m1/s1.